The summed E-state index contributed by atoms with van der Waals surface area (Å²) >= 11 is 1.27. The third-order valence-electron chi connectivity index (χ3n) is 3.27. The Morgan fingerprint density at radius 3 is 2.58 bits per heavy atom. The van der Waals surface area contributed by atoms with Crippen molar-refractivity contribution in [2.24, 2.45) is 4.99 Å². The SMILES string of the molecule is C=CCCCN(C)C(=NC)NCc1ccc(S(=O)(=O)N(C)C)s1.I. The van der Waals surface area contributed by atoms with Crippen LogP contribution in [0.1, 0.15) is 17.7 Å². The normalized spacial score (nSPS) is 12.0. The van der Waals surface area contributed by atoms with Gasteiger partial charge in [-0.25, -0.2) is 12.7 Å². The van der Waals surface area contributed by atoms with Crippen LogP contribution < -0.4 is 5.32 Å². The fourth-order valence-electron chi connectivity index (χ4n) is 1.90. The van der Waals surface area contributed by atoms with Crippen LogP contribution in [0.5, 0.6) is 0 Å². The molecule has 0 aromatic carbocycles. The van der Waals surface area contributed by atoms with Gasteiger partial charge < -0.3 is 10.2 Å². The zero-order chi connectivity index (χ0) is 17.5. The number of guanidine groups is 1. The van der Waals surface area contributed by atoms with Crippen LogP contribution in [0.2, 0.25) is 0 Å². The summed E-state index contributed by atoms with van der Waals surface area (Å²) in [6.45, 7) is 5.15. The minimum Gasteiger partial charge on any atom is -0.351 e. The van der Waals surface area contributed by atoms with E-state index in [1.807, 2.05) is 19.2 Å². The highest BCUT2D eigenvalue weighted by molar-refractivity contribution is 14.0. The van der Waals surface area contributed by atoms with Crippen LogP contribution in [-0.2, 0) is 16.6 Å². The van der Waals surface area contributed by atoms with Crippen molar-refractivity contribution in [1.82, 2.24) is 14.5 Å². The average molecular weight is 486 g/mol. The zero-order valence-electron chi connectivity index (χ0n) is 14.7. The molecule has 1 aromatic rings. The fraction of sp³-hybridized carbons (Fsp3) is 0.533. The van der Waals surface area contributed by atoms with Crippen molar-refractivity contribution in [3.8, 4) is 0 Å². The Bertz CT molecular complexity index is 642. The molecular weight excluding hydrogens is 459 g/mol. The molecule has 0 atom stereocenters. The van der Waals surface area contributed by atoms with Gasteiger partial charge >= 0.3 is 0 Å². The third-order valence-corrected chi connectivity index (χ3v) is 6.64. The molecule has 0 unspecified atom stereocenters. The summed E-state index contributed by atoms with van der Waals surface area (Å²) in [5, 5.41) is 3.26. The van der Waals surface area contributed by atoms with E-state index in [1.54, 1.807) is 13.1 Å². The molecular formula is C15H27IN4O2S2. The van der Waals surface area contributed by atoms with E-state index in [1.165, 1.54) is 29.7 Å². The fourth-order valence-corrected chi connectivity index (χ4v) is 4.37. The summed E-state index contributed by atoms with van der Waals surface area (Å²) in [4.78, 5) is 7.25. The Morgan fingerprint density at radius 1 is 1.38 bits per heavy atom. The lowest BCUT2D eigenvalue weighted by atomic mass is 10.3. The topological polar surface area (TPSA) is 65.0 Å². The van der Waals surface area contributed by atoms with Gasteiger partial charge in [-0.15, -0.1) is 41.9 Å². The molecule has 0 amide bonds. The van der Waals surface area contributed by atoms with Gasteiger partial charge in [0.05, 0.1) is 6.54 Å². The molecule has 1 aromatic heterocycles. The van der Waals surface area contributed by atoms with Crippen molar-refractivity contribution in [2.45, 2.75) is 23.6 Å². The summed E-state index contributed by atoms with van der Waals surface area (Å²) in [6, 6.07) is 3.48. The molecule has 24 heavy (non-hydrogen) atoms. The lowest BCUT2D eigenvalue weighted by molar-refractivity contribution is 0.470. The maximum atomic E-state index is 12.1. The Kier molecular flexibility index (Phi) is 10.8. The average Bonchev–Trinajstić information content (AvgIpc) is 2.97. The van der Waals surface area contributed by atoms with Gasteiger partial charge in [-0.05, 0) is 25.0 Å². The monoisotopic (exact) mass is 486 g/mol. The predicted octanol–water partition coefficient (Wildman–Crippen LogP) is 2.59. The largest absolute Gasteiger partial charge is 0.351 e. The number of rotatable bonds is 8. The molecule has 1 heterocycles. The van der Waals surface area contributed by atoms with Gasteiger partial charge in [0, 0.05) is 39.6 Å². The van der Waals surface area contributed by atoms with E-state index in [0.717, 1.165) is 30.2 Å². The molecule has 1 rings (SSSR count). The highest BCUT2D eigenvalue weighted by Gasteiger charge is 2.19. The predicted molar refractivity (Wildman–Crippen MR) is 113 cm³/mol. The maximum absolute atomic E-state index is 12.1. The van der Waals surface area contributed by atoms with E-state index >= 15 is 0 Å². The Balaban J connectivity index is 0.00000529. The van der Waals surface area contributed by atoms with Gasteiger partial charge in [-0.1, -0.05) is 6.08 Å². The molecule has 0 saturated heterocycles. The summed E-state index contributed by atoms with van der Waals surface area (Å²) in [5.41, 5.74) is 0. The number of aliphatic imine (C=N–C) groups is 1. The lowest BCUT2D eigenvalue weighted by Gasteiger charge is -2.21. The number of unbranched alkanes of at least 4 members (excludes halogenated alkanes) is 1. The third kappa shape index (κ3) is 6.69. The van der Waals surface area contributed by atoms with E-state index in [2.05, 4.69) is 21.8 Å². The summed E-state index contributed by atoms with van der Waals surface area (Å²) in [7, 11) is 3.43. The van der Waals surface area contributed by atoms with Crippen molar-refractivity contribution in [3.05, 3.63) is 29.7 Å². The quantitative estimate of drug-likeness (QED) is 0.202. The van der Waals surface area contributed by atoms with Crippen molar-refractivity contribution < 1.29 is 8.42 Å². The first-order valence-corrected chi connectivity index (χ1v) is 9.62. The van der Waals surface area contributed by atoms with Gasteiger partial charge in [0.2, 0.25) is 0 Å². The van der Waals surface area contributed by atoms with Crippen LogP contribution in [-0.4, -0.2) is 58.3 Å². The second kappa shape index (κ2) is 11.1. The van der Waals surface area contributed by atoms with Crippen LogP contribution in [0.4, 0.5) is 0 Å². The molecule has 1 N–H and O–H groups in total. The molecule has 138 valence electrons. The van der Waals surface area contributed by atoms with Crippen molar-refractivity contribution in [2.75, 3.05) is 34.7 Å². The van der Waals surface area contributed by atoms with E-state index < -0.39 is 10.0 Å². The number of halogens is 1. The molecule has 0 aliphatic carbocycles. The highest BCUT2D eigenvalue weighted by Crippen LogP contribution is 2.23. The number of hydrogen-bond donors (Lipinski definition) is 1. The highest BCUT2D eigenvalue weighted by atomic mass is 127. The first-order valence-electron chi connectivity index (χ1n) is 7.36. The molecule has 0 saturated carbocycles. The smallest absolute Gasteiger partial charge is 0.252 e. The molecule has 0 spiro atoms. The Labute approximate surface area is 166 Å². The number of thiophene rings is 1. The number of sulfonamides is 1. The lowest BCUT2D eigenvalue weighted by Crippen LogP contribution is -2.38. The van der Waals surface area contributed by atoms with Crippen molar-refractivity contribution in [3.63, 3.8) is 0 Å². The molecule has 0 fully saturated rings. The number of nitrogens with one attached hydrogen (secondary N) is 1. The van der Waals surface area contributed by atoms with Gasteiger partial charge in [-0.3, -0.25) is 4.99 Å². The molecule has 0 radical (unpaired) electrons. The minimum absolute atomic E-state index is 0. The van der Waals surface area contributed by atoms with Gasteiger partial charge in [0.25, 0.3) is 10.0 Å². The molecule has 0 aliphatic rings. The summed E-state index contributed by atoms with van der Waals surface area (Å²) < 4.78 is 25.7. The standard InChI is InChI=1S/C15H26N4O2S2.HI/c1-6-7-8-11-19(5)15(16-2)17-12-13-9-10-14(22-13)23(20,21)18(3)4;/h6,9-10H,1,7-8,11-12H2,2-5H3,(H,16,17);1H. The van der Waals surface area contributed by atoms with Crippen LogP contribution in [0.3, 0.4) is 0 Å². The van der Waals surface area contributed by atoms with E-state index in [4.69, 9.17) is 0 Å². The summed E-state index contributed by atoms with van der Waals surface area (Å²) in [6.07, 6.45) is 3.89. The number of allylic oxidation sites excluding steroid dienone is 1. The Morgan fingerprint density at radius 2 is 2.04 bits per heavy atom. The molecule has 0 aliphatic heterocycles. The second-order valence-electron chi connectivity index (χ2n) is 5.26. The van der Waals surface area contributed by atoms with E-state index in [9.17, 15) is 8.42 Å². The Hall–Kier alpha value is -0.650. The van der Waals surface area contributed by atoms with E-state index in [0.29, 0.717) is 10.8 Å². The maximum Gasteiger partial charge on any atom is 0.252 e. The van der Waals surface area contributed by atoms with Gasteiger partial charge in [0.1, 0.15) is 4.21 Å². The molecule has 9 heteroatoms. The first-order chi connectivity index (χ1) is 10.8. The number of nitrogens with zero attached hydrogens (tertiary/aromatic N) is 3. The van der Waals surface area contributed by atoms with Crippen molar-refractivity contribution >= 4 is 51.3 Å². The second-order valence-corrected chi connectivity index (χ2v) is 8.81. The number of hydrogen-bond acceptors (Lipinski definition) is 4. The van der Waals surface area contributed by atoms with Gasteiger partial charge in [0.15, 0.2) is 5.96 Å². The van der Waals surface area contributed by atoms with Crippen LogP contribution in [0.15, 0.2) is 34.0 Å². The van der Waals surface area contributed by atoms with Gasteiger partial charge in [-0.2, -0.15) is 0 Å². The van der Waals surface area contributed by atoms with Crippen LogP contribution in [0, 0.1) is 0 Å². The summed E-state index contributed by atoms with van der Waals surface area (Å²) in [5.74, 6) is 0.791. The van der Waals surface area contributed by atoms with E-state index in [-0.39, 0.29) is 24.0 Å². The zero-order valence-corrected chi connectivity index (χ0v) is 18.6. The molecule has 6 nitrogen and oxygen atoms in total. The van der Waals surface area contributed by atoms with Crippen molar-refractivity contribution in [1.29, 1.82) is 0 Å². The van der Waals surface area contributed by atoms with Crippen LogP contribution in [0.25, 0.3) is 0 Å². The van der Waals surface area contributed by atoms with Crippen LogP contribution >= 0.6 is 35.3 Å². The molecule has 0 bridgehead atoms. The minimum atomic E-state index is -3.36. The first kappa shape index (κ1) is 23.4.